The van der Waals surface area contributed by atoms with E-state index in [2.05, 4.69) is 28.1 Å². The number of aromatic nitrogens is 1. The molecular formula is C22H29ClN4O3S. The second-order valence-corrected chi connectivity index (χ2v) is 8.17. The van der Waals surface area contributed by atoms with Gasteiger partial charge in [0.1, 0.15) is 11.3 Å². The molecule has 168 valence electrons. The lowest BCUT2D eigenvalue weighted by molar-refractivity contribution is 0.248. The first-order valence-corrected chi connectivity index (χ1v) is 11.1. The molecule has 1 aromatic heterocycles. The Kier molecular flexibility index (Phi) is 9.84. The van der Waals surface area contributed by atoms with Crippen molar-refractivity contribution >= 4 is 45.7 Å². The van der Waals surface area contributed by atoms with Crippen LogP contribution in [0.25, 0.3) is 10.2 Å². The number of unbranched alkanes of at least 4 members (excludes halogenated alkanes) is 3. The van der Waals surface area contributed by atoms with E-state index in [1.54, 1.807) is 12.1 Å². The molecule has 0 aliphatic heterocycles. The molecule has 0 unspecified atom stereocenters. The Balaban J connectivity index is 0.00000341. The van der Waals surface area contributed by atoms with Crippen LogP contribution in [0.4, 0.5) is 10.5 Å². The molecule has 1 heterocycles. The molecule has 0 aliphatic rings. The van der Waals surface area contributed by atoms with Crippen LogP contribution in [0.3, 0.4) is 0 Å². The third-order valence-electron chi connectivity index (χ3n) is 4.93. The molecule has 0 radical (unpaired) electrons. The van der Waals surface area contributed by atoms with Crippen molar-refractivity contribution in [1.29, 1.82) is 0 Å². The number of urea groups is 1. The zero-order chi connectivity index (χ0) is 21.3. The molecule has 0 bridgehead atoms. The van der Waals surface area contributed by atoms with Crippen molar-refractivity contribution in [3.8, 4) is 5.75 Å². The zero-order valence-electron chi connectivity index (χ0n) is 17.5. The second kappa shape index (κ2) is 12.3. The van der Waals surface area contributed by atoms with Gasteiger partial charge in [-0.05, 0) is 42.5 Å². The summed E-state index contributed by atoms with van der Waals surface area (Å²) < 4.78 is 0.739. The SMILES string of the molecule is CCCCCCc1ccccc1NC(=O)NNCCc1ccc(O)c2[nH]c(=O)sc12.Cl. The van der Waals surface area contributed by atoms with E-state index in [1.165, 1.54) is 19.3 Å². The number of rotatable bonds is 10. The molecule has 31 heavy (non-hydrogen) atoms. The van der Waals surface area contributed by atoms with Gasteiger partial charge in [-0.15, -0.1) is 12.4 Å². The number of aryl methyl sites for hydroxylation is 1. The Morgan fingerprint density at radius 3 is 2.68 bits per heavy atom. The first kappa shape index (κ1) is 24.7. The molecule has 0 spiro atoms. The Labute approximate surface area is 191 Å². The summed E-state index contributed by atoms with van der Waals surface area (Å²) in [4.78, 5) is 26.3. The van der Waals surface area contributed by atoms with Gasteiger partial charge in [-0.1, -0.05) is 61.8 Å². The van der Waals surface area contributed by atoms with E-state index < -0.39 is 0 Å². The number of nitrogens with one attached hydrogen (secondary N) is 4. The molecule has 0 fully saturated rings. The number of phenols is 1. The van der Waals surface area contributed by atoms with Crippen LogP contribution in [0.5, 0.6) is 5.75 Å². The van der Waals surface area contributed by atoms with Crippen molar-refractivity contribution in [2.75, 3.05) is 11.9 Å². The van der Waals surface area contributed by atoms with Crippen LogP contribution < -0.4 is 21.0 Å². The summed E-state index contributed by atoms with van der Waals surface area (Å²) in [5, 5.41) is 12.8. The van der Waals surface area contributed by atoms with E-state index in [-0.39, 0.29) is 29.1 Å². The molecular weight excluding hydrogens is 436 g/mol. The summed E-state index contributed by atoms with van der Waals surface area (Å²) in [6.07, 6.45) is 6.27. The van der Waals surface area contributed by atoms with Crippen LogP contribution in [0, 0.1) is 0 Å². The molecule has 3 rings (SSSR count). The molecule has 2 amide bonds. The van der Waals surface area contributed by atoms with Gasteiger partial charge in [-0.25, -0.2) is 10.2 Å². The normalized spacial score (nSPS) is 10.6. The number of anilines is 1. The highest BCUT2D eigenvalue weighted by Crippen LogP contribution is 2.27. The number of thiazole rings is 1. The number of hydrazine groups is 1. The summed E-state index contributed by atoms with van der Waals surface area (Å²) in [5.74, 6) is 0.0610. The number of para-hydroxylation sites is 1. The summed E-state index contributed by atoms with van der Waals surface area (Å²) in [7, 11) is 0. The fraction of sp³-hybridized carbons (Fsp3) is 0.364. The van der Waals surface area contributed by atoms with Gasteiger partial charge < -0.3 is 15.4 Å². The molecule has 2 aromatic carbocycles. The lowest BCUT2D eigenvalue weighted by Crippen LogP contribution is -2.41. The molecule has 0 atom stereocenters. The average Bonchev–Trinajstić information content (AvgIpc) is 3.14. The maximum absolute atomic E-state index is 12.3. The van der Waals surface area contributed by atoms with Crippen molar-refractivity contribution in [3.05, 3.63) is 57.2 Å². The number of aromatic hydroxyl groups is 1. The van der Waals surface area contributed by atoms with E-state index in [1.807, 2.05) is 24.3 Å². The van der Waals surface area contributed by atoms with Crippen molar-refractivity contribution in [3.63, 3.8) is 0 Å². The third-order valence-corrected chi connectivity index (χ3v) is 5.88. The van der Waals surface area contributed by atoms with Crippen LogP contribution in [0.2, 0.25) is 0 Å². The minimum atomic E-state index is -0.321. The van der Waals surface area contributed by atoms with Gasteiger partial charge >= 0.3 is 10.9 Å². The molecule has 0 saturated carbocycles. The maximum Gasteiger partial charge on any atom is 0.333 e. The maximum atomic E-state index is 12.3. The summed E-state index contributed by atoms with van der Waals surface area (Å²) in [6, 6.07) is 10.9. The number of H-pyrrole nitrogens is 1. The number of benzene rings is 2. The van der Waals surface area contributed by atoms with E-state index in [9.17, 15) is 14.7 Å². The average molecular weight is 465 g/mol. The van der Waals surface area contributed by atoms with Gasteiger partial charge in [0.25, 0.3) is 0 Å². The minimum Gasteiger partial charge on any atom is -0.506 e. The zero-order valence-corrected chi connectivity index (χ0v) is 19.1. The Bertz CT molecular complexity index is 1050. The van der Waals surface area contributed by atoms with Crippen molar-refractivity contribution in [2.45, 2.75) is 45.4 Å². The number of amides is 2. The van der Waals surface area contributed by atoms with E-state index >= 15 is 0 Å². The van der Waals surface area contributed by atoms with Crippen molar-refractivity contribution in [2.24, 2.45) is 0 Å². The minimum absolute atomic E-state index is 0. The first-order valence-electron chi connectivity index (χ1n) is 10.3. The lowest BCUT2D eigenvalue weighted by Gasteiger charge is -2.13. The molecule has 9 heteroatoms. The van der Waals surface area contributed by atoms with Crippen LogP contribution in [-0.4, -0.2) is 22.7 Å². The predicted molar refractivity (Wildman–Crippen MR) is 130 cm³/mol. The number of fused-ring (bicyclic) bond motifs is 1. The highest BCUT2D eigenvalue weighted by Gasteiger charge is 2.10. The topological polar surface area (TPSA) is 106 Å². The predicted octanol–water partition coefficient (Wildman–Crippen LogP) is 4.71. The van der Waals surface area contributed by atoms with Gasteiger partial charge in [0, 0.05) is 12.2 Å². The smallest absolute Gasteiger partial charge is 0.333 e. The number of carbonyl (C=O) groups is 1. The Hall–Kier alpha value is -2.55. The third kappa shape index (κ3) is 6.99. The Morgan fingerprint density at radius 1 is 1.06 bits per heavy atom. The van der Waals surface area contributed by atoms with Crippen molar-refractivity contribution in [1.82, 2.24) is 15.8 Å². The highest BCUT2D eigenvalue weighted by molar-refractivity contribution is 7.16. The summed E-state index contributed by atoms with van der Waals surface area (Å²) >= 11 is 1.07. The van der Waals surface area contributed by atoms with Crippen LogP contribution >= 0.6 is 23.7 Å². The van der Waals surface area contributed by atoms with Gasteiger partial charge in [0.15, 0.2) is 0 Å². The largest absolute Gasteiger partial charge is 0.506 e. The van der Waals surface area contributed by atoms with Gasteiger partial charge in [-0.2, -0.15) is 0 Å². The number of carbonyl (C=O) groups excluding carboxylic acids is 1. The fourth-order valence-corrected chi connectivity index (χ4v) is 4.26. The van der Waals surface area contributed by atoms with Gasteiger partial charge in [0.05, 0.1) is 4.70 Å². The standard InChI is InChI=1S/C22H28N4O3S.ClH/c1-2-3-4-5-8-15-9-6-7-10-17(15)24-21(28)26-23-14-13-16-11-12-18(27)19-20(16)30-22(29)25-19;/h6-7,9-12,23,27H,2-5,8,13-14H2,1H3,(H,25,29)(H2,24,26,28);1H. The quantitative estimate of drug-likeness (QED) is 0.221. The first-order chi connectivity index (χ1) is 14.6. The Morgan fingerprint density at radius 2 is 1.87 bits per heavy atom. The van der Waals surface area contributed by atoms with Crippen LogP contribution in [0.15, 0.2) is 41.2 Å². The number of hydrogen-bond donors (Lipinski definition) is 5. The van der Waals surface area contributed by atoms with Crippen LogP contribution in [-0.2, 0) is 12.8 Å². The molecule has 5 N–H and O–H groups in total. The molecule has 7 nitrogen and oxygen atoms in total. The van der Waals surface area contributed by atoms with E-state index in [4.69, 9.17) is 0 Å². The number of aromatic amines is 1. The molecule has 0 aliphatic carbocycles. The van der Waals surface area contributed by atoms with E-state index in [0.29, 0.717) is 18.5 Å². The summed E-state index contributed by atoms with van der Waals surface area (Å²) in [5.41, 5.74) is 8.92. The second-order valence-electron chi connectivity index (χ2n) is 7.19. The number of phenolic OH excluding ortho intramolecular Hbond substituents is 1. The summed E-state index contributed by atoms with van der Waals surface area (Å²) in [6.45, 7) is 2.68. The molecule has 3 aromatic rings. The van der Waals surface area contributed by atoms with E-state index in [0.717, 1.165) is 45.7 Å². The number of halogens is 1. The fourth-order valence-electron chi connectivity index (χ4n) is 3.37. The number of hydrogen-bond acceptors (Lipinski definition) is 5. The van der Waals surface area contributed by atoms with Gasteiger partial charge in [-0.3, -0.25) is 10.2 Å². The lowest BCUT2D eigenvalue weighted by atomic mass is 10.0. The monoisotopic (exact) mass is 464 g/mol. The molecule has 0 saturated heterocycles. The highest BCUT2D eigenvalue weighted by atomic mass is 35.5. The van der Waals surface area contributed by atoms with Gasteiger partial charge in [0.2, 0.25) is 0 Å². The van der Waals surface area contributed by atoms with Crippen molar-refractivity contribution < 1.29 is 9.90 Å². The van der Waals surface area contributed by atoms with Crippen LogP contribution in [0.1, 0.15) is 43.7 Å².